The van der Waals surface area contributed by atoms with Crippen LogP contribution in [0.3, 0.4) is 0 Å². The predicted molar refractivity (Wildman–Crippen MR) is 108 cm³/mol. The highest BCUT2D eigenvalue weighted by atomic mass is 16.5. The minimum Gasteiger partial charge on any atom is -0.381 e. The molecule has 1 aromatic rings. The number of benzene rings is 1. The van der Waals surface area contributed by atoms with E-state index in [0.717, 1.165) is 51.5 Å². The highest BCUT2D eigenvalue weighted by Gasteiger charge is 2.32. The number of nitrogens with one attached hydrogen (secondary N) is 2. The molecule has 0 bridgehead atoms. The minimum absolute atomic E-state index is 0.0154. The molecule has 0 radical (unpaired) electrons. The van der Waals surface area contributed by atoms with E-state index in [-0.39, 0.29) is 11.0 Å². The lowest BCUT2D eigenvalue weighted by Crippen LogP contribution is -2.52. The summed E-state index contributed by atoms with van der Waals surface area (Å²) < 4.78 is 11.2. The van der Waals surface area contributed by atoms with Gasteiger partial charge in [-0.2, -0.15) is 0 Å². The quantitative estimate of drug-likeness (QED) is 0.579. The maximum atomic E-state index is 5.78. The van der Waals surface area contributed by atoms with Gasteiger partial charge in [0.2, 0.25) is 0 Å². The fraction of sp³-hybridized carbons (Fsp3) is 0.667. The Hall–Kier alpha value is -1.59. The molecule has 0 aliphatic carbocycles. The number of hydrogen-bond acceptors (Lipinski definition) is 3. The molecule has 2 rings (SSSR count). The van der Waals surface area contributed by atoms with Crippen LogP contribution in [0.4, 0.5) is 0 Å². The van der Waals surface area contributed by atoms with Gasteiger partial charge in [0.05, 0.1) is 5.60 Å². The summed E-state index contributed by atoms with van der Waals surface area (Å²) in [6.07, 6.45) is 2.88. The van der Waals surface area contributed by atoms with Gasteiger partial charge in [-0.05, 0) is 17.5 Å². The van der Waals surface area contributed by atoms with Crippen LogP contribution in [-0.2, 0) is 21.3 Å². The van der Waals surface area contributed by atoms with Crippen molar-refractivity contribution in [3.63, 3.8) is 0 Å². The molecule has 26 heavy (non-hydrogen) atoms. The molecule has 5 heteroatoms. The zero-order chi connectivity index (χ0) is 19.0. The summed E-state index contributed by atoms with van der Waals surface area (Å²) >= 11 is 0. The fourth-order valence-electron chi connectivity index (χ4n) is 3.26. The molecular formula is C21H35N3O2. The van der Waals surface area contributed by atoms with Gasteiger partial charge in [-0.3, -0.25) is 4.99 Å². The maximum absolute atomic E-state index is 5.78. The molecule has 0 amide bonds. The molecule has 1 saturated heterocycles. The van der Waals surface area contributed by atoms with E-state index in [4.69, 9.17) is 9.47 Å². The summed E-state index contributed by atoms with van der Waals surface area (Å²) in [7, 11) is 3.59. The number of ether oxygens (including phenoxy) is 2. The van der Waals surface area contributed by atoms with E-state index in [1.807, 2.05) is 7.05 Å². The average molecular weight is 362 g/mol. The van der Waals surface area contributed by atoms with Crippen molar-refractivity contribution in [2.24, 2.45) is 4.99 Å². The molecule has 0 atom stereocenters. The number of methoxy groups -OCH3 is 1. The summed E-state index contributed by atoms with van der Waals surface area (Å²) in [4.78, 5) is 4.37. The zero-order valence-electron chi connectivity index (χ0n) is 17.0. The second kappa shape index (κ2) is 9.38. The van der Waals surface area contributed by atoms with Crippen molar-refractivity contribution in [3.05, 3.63) is 35.4 Å². The summed E-state index contributed by atoms with van der Waals surface area (Å²) in [5.74, 6) is 0.811. The van der Waals surface area contributed by atoms with Gasteiger partial charge in [0.15, 0.2) is 5.96 Å². The second-order valence-corrected chi connectivity index (χ2v) is 7.71. The van der Waals surface area contributed by atoms with Crippen LogP contribution >= 0.6 is 0 Å². The molecular weight excluding hydrogens is 326 g/mol. The van der Waals surface area contributed by atoms with Crippen LogP contribution in [0, 0.1) is 0 Å². The lowest BCUT2D eigenvalue weighted by molar-refractivity contribution is -0.0855. The first-order valence-electron chi connectivity index (χ1n) is 9.61. The third-order valence-electron chi connectivity index (χ3n) is 5.48. The molecule has 1 aliphatic rings. The van der Waals surface area contributed by atoms with Crippen molar-refractivity contribution in [3.8, 4) is 0 Å². The van der Waals surface area contributed by atoms with Crippen molar-refractivity contribution < 1.29 is 9.47 Å². The number of nitrogens with zero attached hydrogens (tertiary/aromatic N) is 1. The van der Waals surface area contributed by atoms with E-state index in [2.05, 4.69) is 60.7 Å². The van der Waals surface area contributed by atoms with Crippen molar-refractivity contribution >= 4 is 5.96 Å². The number of guanidine groups is 1. The van der Waals surface area contributed by atoms with Gasteiger partial charge in [-0.1, -0.05) is 45.0 Å². The second-order valence-electron chi connectivity index (χ2n) is 7.71. The minimum atomic E-state index is -0.165. The molecule has 0 aromatic heterocycles. The lowest BCUT2D eigenvalue weighted by atomic mass is 9.84. The highest BCUT2D eigenvalue weighted by molar-refractivity contribution is 5.79. The van der Waals surface area contributed by atoms with Gasteiger partial charge in [-0.25, -0.2) is 0 Å². The van der Waals surface area contributed by atoms with E-state index in [0.29, 0.717) is 0 Å². The molecule has 1 fully saturated rings. The normalized spacial score (nSPS) is 17.8. The molecule has 2 N–H and O–H groups in total. The van der Waals surface area contributed by atoms with E-state index in [9.17, 15) is 0 Å². The summed E-state index contributed by atoms with van der Waals surface area (Å²) in [6.45, 7) is 9.74. The SMILES string of the molecule is CCc1ccc(C(C)(C)CNC(=NC)NCC2(OC)CCOCC2)cc1. The third kappa shape index (κ3) is 5.45. The molecule has 0 saturated carbocycles. The van der Waals surface area contributed by atoms with Crippen molar-refractivity contribution in [2.45, 2.75) is 51.0 Å². The number of aliphatic imine (C=N–C) groups is 1. The topological polar surface area (TPSA) is 54.9 Å². The Morgan fingerprint density at radius 2 is 1.85 bits per heavy atom. The van der Waals surface area contributed by atoms with Gasteiger partial charge in [-0.15, -0.1) is 0 Å². The fourth-order valence-corrected chi connectivity index (χ4v) is 3.26. The van der Waals surface area contributed by atoms with Gasteiger partial charge >= 0.3 is 0 Å². The van der Waals surface area contributed by atoms with Gasteiger partial charge in [0.25, 0.3) is 0 Å². The standard InChI is InChI=1S/C21H35N3O2/c1-6-17-7-9-18(10-8-17)20(2,3)15-23-19(22-4)24-16-21(25-5)11-13-26-14-12-21/h7-10H,6,11-16H2,1-5H3,(H2,22,23,24). The van der Waals surface area contributed by atoms with Crippen LogP contribution in [0.1, 0.15) is 44.7 Å². The Labute approximate surface area is 158 Å². The number of hydrogen-bond donors (Lipinski definition) is 2. The van der Waals surface area contributed by atoms with Crippen LogP contribution in [-0.4, -0.2) is 52.0 Å². The van der Waals surface area contributed by atoms with E-state index in [1.165, 1.54) is 11.1 Å². The van der Waals surface area contributed by atoms with Crippen molar-refractivity contribution in [2.75, 3.05) is 40.5 Å². The zero-order valence-corrected chi connectivity index (χ0v) is 17.0. The monoisotopic (exact) mass is 361 g/mol. The van der Waals surface area contributed by atoms with Crippen LogP contribution in [0.5, 0.6) is 0 Å². The lowest BCUT2D eigenvalue weighted by Gasteiger charge is -2.36. The summed E-state index contributed by atoms with van der Waals surface area (Å²) in [5.41, 5.74) is 2.55. The van der Waals surface area contributed by atoms with Crippen LogP contribution in [0.2, 0.25) is 0 Å². The van der Waals surface area contributed by atoms with Crippen molar-refractivity contribution in [1.29, 1.82) is 0 Å². The molecule has 1 aromatic carbocycles. The van der Waals surface area contributed by atoms with Gasteiger partial charge < -0.3 is 20.1 Å². The highest BCUT2D eigenvalue weighted by Crippen LogP contribution is 2.24. The molecule has 0 unspecified atom stereocenters. The Bertz CT molecular complexity index is 575. The molecule has 146 valence electrons. The Morgan fingerprint density at radius 3 is 2.38 bits per heavy atom. The van der Waals surface area contributed by atoms with Gasteiger partial charge in [0, 0.05) is 58.7 Å². The predicted octanol–water partition coefficient (Wildman–Crippen LogP) is 2.89. The van der Waals surface area contributed by atoms with Crippen LogP contribution in [0.25, 0.3) is 0 Å². The largest absolute Gasteiger partial charge is 0.381 e. The molecule has 1 heterocycles. The molecule has 5 nitrogen and oxygen atoms in total. The molecule has 1 aliphatic heterocycles. The van der Waals surface area contributed by atoms with Gasteiger partial charge in [0.1, 0.15) is 0 Å². The number of rotatable bonds is 7. The average Bonchev–Trinajstić information content (AvgIpc) is 2.69. The number of aryl methyl sites for hydroxylation is 1. The van der Waals surface area contributed by atoms with E-state index in [1.54, 1.807) is 7.11 Å². The first-order valence-corrected chi connectivity index (χ1v) is 9.61. The Morgan fingerprint density at radius 1 is 1.19 bits per heavy atom. The Kier molecular flexibility index (Phi) is 7.47. The van der Waals surface area contributed by atoms with E-state index >= 15 is 0 Å². The summed E-state index contributed by atoms with van der Waals surface area (Å²) in [6, 6.07) is 8.91. The smallest absolute Gasteiger partial charge is 0.191 e. The molecule has 0 spiro atoms. The van der Waals surface area contributed by atoms with Crippen molar-refractivity contribution in [1.82, 2.24) is 10.6 Å². The van der Waals surface area contributed by atoms with Crippen LogP contribution < -0.4 is 10.6 Å². The Balaban J connectivity index is 1.90. The maximum Gasteiger partial charge on any atom is 0.191 e. The van der Waals surface area contributed by atoms with E-state index < -0.39 is 0 Å². The first-order chi connectivity index (χ1) is 12.4. The third-order valence-corrected chi connectivity index (χ3v) is 5.48. The van der Waals surface area contributed by atoms with Crippen LogP contribution in [0.15, 0.2) is 29.3 Å². The summed E-state index contributed by atoms with van der Waals surface area (Å²) in [5, 5.41) is 6.90. The first kappa shape index (κ1) is 20.7.